The van der Waals surface area contributed by atoms with Gasteiger partial charge in [-0.25, -0.2) is 12.8 Å². The van der Waals surface area contributed by atoms with Crippen LogP contribution in [0.3, 0.4) is 0 Å². The summed E-state index contributed by atoms with van der Waals surface area (Å²) in [5.41, 5.74) is 4.03. The molecule has 1 unspecified atom stereocenters. The van der Waals surface area contributed by atoms with Gasteiger partial charge in [0.15, 0.2) is 9.84 Å². The molecule has 0 radical (unpaired) electrons. The monoisotopic (exact) mass is 342 g/mol. The number of sulfone groups is 1. The van der Waals surface area contributed by atoms with Crippen LogP contribution in [0.15, 0.2) is 65.6 Å². The van der Waals surface area contributed by atoms with Crippen molar-refractivity contribution in [1.29, 1.82) is 0 Å². The standard InChI is InChI=1S/C20H19FO2S/c1-14-3-12-19(15-4-8-17(21)9-5-15)20(13-14)16-6-10-18(11-7-16)24(2,22)23/h4-14H,3H2,1-2H3. The fourth-order valence-corrected chi connectivity index (χ4v) is 3.52. The Morgan fingerprint density at radius 1 is 0.917 bits per heavy atom. The highest BCUT2D eigenvalue weighted by Crippen LogP contribution is 2.37. The van der Waals surface area contributed by atoms with Crippen molar-refractivity contribution >= 4 is 21.0 Å². The van der Waals surface area contributed by atoms with Crippen LogP contribution in [0.4, 0.5) is 4.39 Å². The Balaban J connectivity index is 2.02. The number of hydrogen-bond acceptors (Lipinski definition) is 2. The molecule has 2 nitrogen and oxygen atoms in total. The van der Waals surface area contributed by atoms with E-state index in [2.05, 4.69) is 19.1 Å². The fraction of sp³-hybridized carbons (Fsp3) is 0.200. The molecule has 24 heavy (non-hydrogen) atoms. The molecule has 0 saturated carbocycles. The molecule has 3 rings (SSSR count). The van der Waals surface area contributed by atoms with Crippen LogP contribution < -0.4 is 0 Å². The predicted octanol–water partition coefficient (Wildman–Crippen LogP) is 4.74. The lowest BCUT2D eigenvalue weighted by Crippen LogP contribution is -2.02. The van der Waals surface area contributed by atoms with E-state index in [0.29, 0.717) is 10.8 Å². The van der Waals surface area contributed by atoms with Crippen LogP contribution in [0.25, 0.3) is 11.1 Å². The zero-order chi connectivity index (χ0) is 17.3. The molecule has 0 bridgehead atoms. The zero-order valence-corrected chi connectivity index (χ0v) is 14.5. The summed E-state index contributed by atoms with van der Waals surface area (Å²) in [5.74, 6) is 0.144. The molecule has 0 saturated heterocycles. The summed E-state index contributed by atoms with van der Waals surface area (Å²) in [4.78, 5) is 0.308. The van der Waals surface area contributed by atoms with E-state index in [1.165, 1.54) is 18.4 Å². The van der Waals surface area contributed by atoms with E-state index >= 15 is 0 Å². The number of benzene rings is 2. The molecule has 0 aliphatic heterocycles. The summed E-state index contributed by atoms with van der Waals surface area (Å²) in [6, 6.07) is 13.4. The van der Waals surface area contributed by atoms with E-state index in [9.17, 15) is 12.8 Å². The molecule has 2 aromatic carbocycles. The first-order chi connectivity index (χ1) is 11.3. The van der Waals surface area contributed by atoms with Crippen LogP contribution in [0.5, 0.6) is 0 Å². The second kappa shape index (κ2) is 6.36. The SMILES string of the molecule is CC1C=C(c2ccc(S(C)(=O)=O)cc2)C(c2ccc(F)cc2)=CC1. The predicted molar refractivity (Wildman–Crippen MR) is 95.7 cm³/mol. The summed E-state index contributed by atoms with van der Waals surface area (Å²) >= 11 is 0. The van der Waals surface area contributed by atoms with Crippen molar-refractivity contribution in [3.8, 4) is 0 Å². The molecule has 0 N–H and O–H groups in total. The Morgan fingerprint density at radius 2 is 1.46 bits per heavy atom. The lowest BCUT2D eigenvalue weighted by molar-refractivity contribution is 0.602. The van der Waals surface area contributed by atoms with Gasteiger partial charge in [-0.1, -0.05) is 43.3 Å². The lowest BCUT2D eigenvalue weighted by atomic mass is 9.84. The molecule has 2 aromatic rings. The van der Waals surface area contributed by atoms with Gasteiger partial charge in [-0.3, -0.25) is 0 Å². The molecule has 124 valence electrons. The van der Waals surface area contributed by atoms with Gasteiger partial charge >= 0.3 is 0 Å². The number of allylic oxidation sites excluding steroid dienone is 4. The second-order valence-corrected chi connectivity index (χ2v) is 8.23. The number of rotatable bonds is 3. The maximum atomic E-state index is 13.2. The maximum absolute atomic E-state index is 13.2. The van der Waals surface area contributed by atoms with Crippen LogP contribution in [-0.2, 0) is 9.84 Å². The Labute approximate surface area is 142 Å². The third kappa shape index (κ3) is 3.49. The third-order valence-corrected chi connectivity index (χ3v) is 5.31. The van der Waals surface area contributed by atoms with Crippen LogP contribution in [0, 0.1) is 11.7 Å². The van der Waals surface area contributed by atoms with Crippen LogP contribution >= 0.6 is 0 Å². The molecule has 0 aromatic heterocycles. The molecule has 0 spiro atoms. The topological polar surface area (TPSA) is 34.1 Å². The first-order valence-corrected chi connectivity index (χ1v) is 9.72. The second-order valence-electron chi connectivity index (χ2n) is 6.21. The van der Waals surface area contributed by atoms with Crippen molar-refractivity contribution in [3.63, 3.8) is 0 Å². The molecule has 1 atom stereocenters. The molecule has 4 heteroatoms. The van der Waals surface area contributed by atoms with Gasteiger partial charge in [0.2, 0.25) is 0 Å². The van der Waals surface area contributed by atoms with Gasteiger partial charge < -0.3 is 0 Å². The van der Waals surface area contributed by atoms with Crippen LogP contribution in [0.2, 0.25) is 0 Å². The minimum Gasteiger partial charge on any atom is -0.224 e. The van der Waals surface area contributed by atoms with Gasteiger partial charge in [0.1, 0.15) is 5.82 Å². The van der Waals surface area contributed by atoms with Crippen LogP contribution in [0.1, 0.15) is 24.5 Å². The summed E-state index contributed by atoms with van der Waals surface area (Å²) in [7, 11) is -3.21. The number of hydrogen-bond donors (Lipinski definition) is 0. The lowest BCUT2D eigenvalue weighted by Gasteiger charge is -2.21. The van der Waals surface area contributed by atoms with Gasteiger partial charge in [0.05, 0.1) is 4.90 Å². The third-order valence-electron chi connectivity index (χ3n) is 4.18. The molecule has 0 heterocycles. The van der Waals surface area contributed by atoms with Gasteiger partial charge in [-0.2, -0.15) is 0 Å². The molecule has 1 aliphatic rings. The average Bonchev–Trinajstić information content (AvgIpc) is 2.55. The van der Waals surface area contributed by atoms with Gasteiger partial charge in [-0.05, 0) is 58.9 Å². The fourth-order valence-electron chi connectivity index (χ4n) is 2.89. The highest BCUT2D eigenvalue weighted by molar-refractivity contribution is 7.90. The summed E-state index contributed by atoms with van der Waals surface area (Å²) < 4.78 is 36.5. The summed E-state index contributed by atoms with van der Waals surface area (Å²) in [6.07, 6.45) is 6.48. The van der Waals surface area contributed by atoms with Crippen LogP contribution in [-0.4, -0.2) is 14.7 Å². The van der Waals surface area contributed by atoms with E-state index in [-0.39, 0.29) is 5.82 Å². The Kier molecular flexibility index (Phi) is 4.41. The zero-order valence-electron chi connectivity index (χ0n) is 13.7. The van der Waals surface area contributed by atoms with E-state index < -0.39 is 9.84 Å². The minimum absolute atomic E-state index is 0.258. The van der Waals surface area contributed by atoms with Gasteiger partial charge in [-0.15, -0.1) is 0 Å². The largest absolute Gasteiger partial charge is 0.224 e. The highest BCUT2D eigenvalue weighted by Gasteiger charge is 2.17. The normalized spacial score (nSPS) is 18.0. The molecule has 0 fully saturated rings. The summed E-state index contributed by atoms with van der Waals surface area (Å²) in [5, 5.41) is 0. The van der Waals surface area contributed by atoms with Crippen molar-refractivity contribution in [2.75, 3.05) is 6.26 Å². The van der Waals surface area contributed by atoms with E-state index in [1.54, 1.807) is 24.3 Å². The minimum atomic E-state index is -3.21. The van der Waals surface area contributed by atoms with Crippen molar-refractivity contribution in [2.24, 2.45) is 5.92 Å². The first kappa shape index (κ1) is 16.7. The molecule has 1 aliphatic carbocycles. The van der Waals surface area contributed by atoms with E-state index in [0.717, 1.165) is 28.7 Å². The van der Waals surface area contributed by atoms with Crippen molar-refractivity contribution < 1.29 is 12.8 Å². The van der Waals surface area contributed by atoms with Gasteiger partial charge in [0, 0.05) is 6.26 Å². The molecular weight excluding hydrogens is 323 g/mol. The van der Waals surface area contributed by atoms with Crippen molar-refractivity contribution in [3.05, 3.63) is 77.6 Å². The smallest absolute Gasteiger partial charge is 0.175 e. The Bertz CT molecular complexity index is 905. The van der Waals surface area contributed by atoms with E-state index in [4.69, 9.17) is 0 Å². The summed E-state index contributed by atoms with van der Waals surface area (Å²) in [6.45, 7) is 2.14. The number of halogens is 1. The van der Waals surface area contributed by atoms with Gasteiger partial charge in [0.25, 0.3) is 0 Å². The quantitative estimate of drug-likeness (QED) is 0.808. The first-order valence-electron chi connectivity index (χ1n) is 7.83. The maximum Gasteiger partial charge on any atom is 0.175 e. The van der Waals surface area contributed by atoms with Crippen molar-refractivity contribution in [2.45, 2.75) is 18.2 Å². The molecular formula is C20H19FO2S. The Morgan fingerprint density at radius 3 is 2.04 bits per heavy atom. The highest BCUT2D eigenvalue weighted by atomic mass is 32.2. The van der Waals surface area contributed by atoms with E-state index in [1.807, 2.05) is 12.1 Å². The van der Waals surface area contributed by atoms with Crippen molar-refractivity contribution in [1.82, 2.24) is 0 Å². The average molecular weight is 342 g/mol. The Hall–Kier alpha value is -2.20. The molecule has 0 amide bonds.